The quantitative estimate of drug-likeness (QED) is 0.710. The molecule has 3 nitrogen and oxygen atoms in total. The van der Waals surface area contributed by atoms with Gasteiger partial charge in [-0.05, 0) is 38.5 Å². The smallest absolute Gasteiger partial charge is 0.308 e. The fourth-order valence-electron chi connectivity index (χ4n) is 3.32. The molecule has 0 aromatic rings. The first-order valence-electron chi connectivity index (χ1n) is 6.84. The first-order valence-corrected chi connectivity index (χ1v) is 6.84. The van der Waals surface area contributed by atoms with E-state index in [-0.39, 0.29) is 17.8 Å². The third kappa shape index (κ3) is 2.88. The van der Waals surface area contributed by atoms with Gasteiger partial charge in [0, 0.05) is 11.8 Å². The highest BCUT2D eigenvalue weighted by Crippen LogP contribution is 2.35. The molecule has 0 N–H and O–H groups in total. The second-order valence-electron chi connectivity index (χ2n) is 5.46. The van der Waals surface area contributed by atoms with Gasteiger partial charge in [0.15, 0.2) is 0 Å². The topological polar surface area (TPSA) is 43.4 Å². The van der Waals surface area contributed by atoms with Gasteiger partial charge in [-0.2, -0.15) is 0 Å². The Morgan fingerprint density at radius 1 is 0.824 bits per heavy atom. The highest BCUT2D eigenvalue weighted by molar-refractivity contribution is 5.84. The molecule has 2 aliphatic carbocycles. The Bertz CT molecular complexity index is 284. The van der Waals surface area contributed by atoms with Gasteiger partial charge in [0.2, 0.25) is 0 Å². The predicted molar refractivity (Wildman–Crippen MR) is 64.4 cm³/mol. The molecule has 2 rings (SSSR count). The van der Waals surface area contributed by atoms with Gasteiger partial charge in [-0.3, -0.25) is 9.59 Å². The number of Topliss-reactive ketones (excluding diaryl/α,β-unsaturated/α-hetero) is 1. The Balaban J connectivity index is 1.82. The molecular weight excluding hydrogens is 216 g/mol. The lowest BCUT2D eigenvalue weighted by molar-refractivity contribution is -0.147. The Labute approximate surface area is 103 Å². The maximum absolute atomic E-state index is 12.2. The molecule has 3 heteroatoms. The Kier molecular flexibility index (Phi) is 4.19. The number of hydrogen-bond donors (Lipinski definition) is 0. The number of hydrogen-bond acceptors (Lipinski definition) is 3. The van der Waals surface area contributed by atoms with E-state index >= 15 is 0 Å². The zero-order valence-electron chi connectivity index (χ0n) is 10.6. The summed E-state index contributed by atoms with van der Waals surface area (Å²) in [6.45, 7) is 0. The molecule has 0 unspecified atom stereocenters. The molecular formula is C14H22O3. The second-order valence-corrected chi connectivity index (χ2v) is 5.46. The zero-order valence-corrected chi connectivity index (χ0v) is 10.6. The Morgan fingerprint density at radius 2 is 1.29 bits per heavy atom. The lowest BCUT2D eigenvalue weighted by atomic mass is 9.77. The monoisotopic (exact) mass is 238 g/mol. The number of esters is 1. The molecule has 2 saturated carbocycles. The molecule has 0 amide bonds. The summed E-state index contributed by atoms with van der Waals surface area (Å²) in [6, 6.07) is 0. The van der Waals surface area contributed by atoms with Crippen LogP contribution in [0.2, 0.25) is 0 Å². The molecule has 0 heterocycles. The van der Waals surface area contributed by atoms with E-state index in [1.807, 2.05) is 0 Å². The maximum atomic E-state index is 12.2. The van der Waals surface area contributed by atoms with Gasteiger partial charge in [0.1, 0.15) is 5.78 Å². The van der Waals surface area contributed by atoms with Crippen molar-refractivity contribution < 1.29 is 14.3 Å². The van der Waals surface area contributed by atoms with Gasteiger partial charge in [-0.15, -0.1) is 0 Å². The minimum atomic E-state index is -0.100. The summed E-state index contributed by atoms with van der Waals surface area (Å²) >= 11 is 0. The van der Waals surface area contributed by atoms with Crippen molar-refractivity contribution in [3.05, 3.63) is 0 Å². The van der Waals surface area contributed by atoms with Crippen LogP contribution >= 0.6 is 0 Å². The van der Waals surface area contributed by atoms with E-state index in [4.69, 9.17) is 4.74 Å². The van der Waals surface area contributed by atoms with Gasteiger partial charge in [0.05, 0.1) is 13.0 Å². The van der Waals surface area contributed by atoms with Crippen LogP contribution < -0.4 is 0 Å². The molecule has 0 radical (unpaired) electrons. The molecule has 17 heavy (non-hydrogen) atoms. The van der Waals surface area contributed by atoms with Crippen LogP contribution in [0.4, 0.5) is 0 Å². The molecule has 0 atom stereocenters. The van der Waals surface area contributed by atoms with Crippen LogP contribution in [0.1, 0.15) is 51.4 Å². The maximum Gasteiger partial charge on any atom is 0.308 e. The number of carbonyl (C=O) groups excluding carboxylic acids is 2. The summed E-state index contributed by atoms with van der Waals surface area (Å²) < 4.78 is 4.76. The average molecular weight is 238 g/mol. The third-order valence-electron chi connectivity index (χ3n) is 4.42. The zero-order chi connectivity index (χ0) is 12.3. The fourth-order valence-corrected chi connectivity index (χ4v) is 3.32. The van der Waals surface area contributed by atoms with Gasteiger partial charge < -0.3 is 4.74 Å². The lowest BCUT2D eigenvalue weighted by Gasteiger charge is -2.27. The van der Waals surface area contributed by atoms with Crippen LogP contribution in [0.5, 0.6) is 0 Å². The van der Waals surface area contributed by atoms with Gasteiger partial charge in [-0.1, -0.05) is 12.8 Å². The fraction of sp³-hybridized carbons (Fsp3) is 0.857. The standard InChI is InChI=1S/C14H22O3/c1-17-14(16)12-8-6-11(7-9-12)13(15)10-4-2-3-5-10/h10-12H,2-9H2,1H3. The number of methoxy groups -OCH3 is 1. The van der Waals surface area contributed by atoms with Crippen LogP contribution in [-0.2, 0) is 14.3 Å². The van der Waals surface area contributed by atoms with Gasteiger partial charge >= 0.3 is 5.97 Å². The van der Waals surface area contributed by atoms with E-state index < -0.39 is 0 Å². The van der Waals surface area contributed by atoms with Gasteiger partial charge in [0.25, 0.3) is 0 Å². The molecule has 0 saturated heterocycles. The number of rotatable bonds is 3. The lowest BCUT2D eigenvalue weighted by Crippen LogP contribution is -2.29. The molecule has 96 valence electrons. The van der Waals surface area contributed by atoms with E-state index in [0.29, 0.717) is 11.7 Å². The summed E-state index contributed by atoms with van der Waals surface area (Å²) in [5.74, 6) is 0.962. The van der Waals surface area contributed by atoms with Crippen LogP contribution in [0, 0.1) is 17.8 Å². The summed E-state index contributed by atoms with van der Waals surface area (Å²) in [7, 11) is 1.44. The van der Waals surface area contributed by atoms with Crippen LogP contribution in [0.15, 0.2) is 0 Å². The largest absolute Gasteiger partial charge is 0.469 e. The number of ketones is 1. The van der Waals surface area contributed by atoms with E-state index in [0.717, 1.165) is 38.5 Å². The number of carbonyl (C=O) groups is 2. The molecule has 0 bridgehead atoms. The van der Waals surface area contributed by atoms with Crippen LogP contribution in [-0.4, -0.2) is 18.9 Å². The SMILES string of the molecule is COC(=O)C1CCC(C(=O)C2CCCC2)CC1. The summed E-state index contributed by atoms with van der Waals surface area (Å²) in [4.78, 5) is 23.6. The van der Waals surface area contributed by atoms with Crippen molar-refractivity contribution in [3.63, 3.8) is 0 Å². The minimum Gasteiger partial charge on any atom is -0.469 e. The first kappa shape index (κ1) is 12.6. The highest BCUT2D eigenvalue weighted by atomic mass is 16.5. The summed E-state index contributed by atoms with van der Waals surface area (Å²) in [5.41, 5.74) is 0. The molecule has 0 aromatic carbocycles. The second kappa shape index (κ2) is 5.65. The van der Waals surface area contributed by atoms with Crippen molar-refractivity contribution in [2.45, 2.75) is 51.4 Å². The Morgan fingerprint density at radius 3 is 1.82 bits per heavy atom. The summed E-state index contributed by atoms with van der Waals surface area (Å²) in [6.07, 6.45) is 8.04. The highest BCUT2D eigenvalue weighted by Gasteiger charge is 2.34. The Hall–Kier alpha value is -0.860. The van der Waals surface area contributed by atoms with Crippen molar-refractivity contribution in [1.29, 1.82) is 0 Å². The van der Waals surface area contributed by atoms with Crippen molar-refractivity contribution in [1.82, 2.24) is 0 Å². The predicted octanol–water partition coefficient (Wildman–Crippen LogP) is 2.73. The van der Waals surface area contributed by atoms with Crippen LogP contribution in [0.25, 0.3) is 0 Å². The van der Waals surface area contributed by atoms with E-state index in [9.17, 15) is 9.59 Å². The number of ether oxygens (including phenoxy) is 1. The molecule has 0 aliphatic heterocycles. The summed E-state index contributed by atoms with van der Waals surface area (Å²) in [5, 5.41) is 0. The van der Waals surface area contributed by atoms with Crippen molar-refractivity contribution >= 4 is 11.8 Å². The molecule has 2 fully saturated rings. The normalized spacial score (nSPS) is 30.2. The van der Waals surface area contributed by atoms with Gasteiger partial charge in [-0.25, -0.2) is 0 Å². The van der Waals surface area contributed by atoms with E-state index in [1.165, 1.54) is 20.0 Å². The van der Waals surface area contributed by atoms with Crippen LogP contribution in [0.3, 0.4) is 0 Å². The van der Waals surface area contributed by atoms with Crippen molar-refractivity contribution in [2.24, 2.45) is 17.8 Å². The molecule has 0 aromatic heterocycles. The van der Waals surface area contributed by atoms with E-state index in [1.54, 1.807) is 0 Å². The van der Waals surface area contributed by atoms with E-state index in [2.05, 4.69) is 0 Å². The molecule has 0 spiro atoms. The third-order valence-corrected chi connectivity index (χ3v) is 4.42. The molecule has 2 aliphatic rings. The average Bonchev–Trinajstić information content (AvgIpc) is 2.91. The minimum absolute atomic E-state index is 0.0348. The van der Waals surface area contributed by atoms with Crippen molar-refractivity contribution in [2.75, 3.05) is 7.11 Å². The van der Waals surface area contributed by atoms with Crippen molar-refractivity contribution in [3.8, 4) is 0 Å². The first-order chi connectivity index (χ1) is 8.22.